The fourth-order valence-electron chi connectivity index (χ4n) is 5.54. The van der Waals surface area contributed by atoms with Crippen LogP contribution in [0.2, 0.25) is 0 Å². The van der Waals surface area contributed by atoms with Crippen LogP contribution in [0.3, 0.4) is 0 Å². The lowest BCUT2D eigenvalue weighted by molar-refractivity contribution is -0.0394. The molecule has 4 aromatic rings. The van der Waals surface area contributed by atoms with Gasteiger partial charge in [0.15, 0.2) is 0 Å². The molecule has 2 aliphatic heterocycles. The van der Waals surface area contributed by atoms with Crippen LogP contribution >= 0.6 is 0 Å². The van der Waals surface area contributed by atoms with Crippen molar-refractivity contribution >= 4 is 20.9 Å². The van der Waals surface area contributed by atoms with E-state index in [4.69, 9.17) is 4.74 Å². The minimum Gasteiger partial charge on any atom is -0.357 e. The maximum atomic E-state index is 13.2. The Labute approximate surface area is 211 Å². The summed E-state index contributed by atoms with van der Waals surface area (Å²) < 4.78 is 37.8. The molecule has 2 fully saturated rings. The third kappa shape index (κ3) is 4.36. The first-order valence-corrected chi connectivity index (χ1v) is 14.1. The molecule has 0 spiro atoms. The van der Waals surface area contributed by atoms with Gasteiger partial charge in [0, 0.05) is 42.9 Å². The highest BCUT2D eigenvalue weighted by Gasteiger charge is 2.38. The lowest BCUT2D eigenvalue weighted by atomic mass is 10.1. The molecule has 0 N–H and O–H groups in total. The van der Waals surface area contributed by atoms with E-state index in [0.29, 0.717) is 18.0 Å². The van der Waals surface area contributed by atoms with Gasteiger partial charge in [0.25, 0.3) is 0 Å². The minimum atomic E-state index is -3.50. The van der Waals surface area contributed by atoms with Gasteiger partial charge in [0.2, 0.25) is 10.0 Å². The molecule has 0 saturated carbocycles. The van der Waals surface area contributed by atoms with Crippen LogP contribution in [0.5, 0.6) is 0 Å². The quantitative estimate of drug-likeness (QED) is 0.379. The normalized spacial score (nSPS) is 23.4. The van der Waals surface area contributed by atoms with Crippen LogP contribution in [0.15, 0.2) is 72.0 Å². The third-order valence-electron chi connectivity index (χ3n) is 7.41. The SMILES string of the molecule is C[C@H]1C[C@@H](Cn2ncc3cc(-c4cnn(C5CCCCO5)c4)ccc32)CN1S(=O)(=O)c1ccccc1. The van der Waals surface area contributed by atoms with Gasteiger partial charge in [-0.05, 0) is 68.4 Å². The van der Waals surface area contributed by atoms with E-state index in [1.165, 1.54) is 6.42 Å². The number of benzene rings is 2. The molecule has 1 unspecified atom stereocenters. The molecule has 6 rings (SSSR count). The smallest absolute Gasteiger partial charge is 0.243 e. The van der Waals surface area contributed by atoms with Gasteiger partial charge in [-0.3, -0.25) is 4.68 Å². The van der Waals surface area contributed by atoms with Crippen molar-refractivity contribution in [3.8, 4) is 11.1 Å². The van der Waals surface area contributed by atoms with Crippen LogP contribution in [0, 0.1) is 5.92 Å². The fourth-order valence-corrected chi connectivity index (χ4v) is 7.28. The maximum Gasteiger partial charge on any atom is 0.243 e. The number of ether oxygens (including phenoxy) is 1. The first kappa shape index (κ1) is 23.4. The van der Waals surface area contributed by atoms with Crippen molar-refractivity contribution in [1.82, 2.24) is 23.9 Å². The Morgan fingerprint density at radius 2 is 1.89 bits per heavy atom. The van der Waals surface area contributed by atoms with E-state index >= 15 is 0 Å². The highest BCUT2D eigenvalue weighted by Crippen LogP contribution is 2.32. The molecule has 0 radical (unpaired) electrons. The molecule has 0 aliphatic carbocycles. The Balaban J connectivity index is 1.18. The summed E-state index contributed by atoms with van der Waals surface area (Å²) in [6.45, 7) is 3.97. The number of fused-ring (bicyclic) bond motifs is 1. The van der Waals surface area contributed by atoms with Crippen LogP contribution < -0.4 is 0 Å². The van der Waals surface area contributed by atoms with Crippen molar-refractivity contribution in [2.75, 3.05) is 13.2 Å². The molecular weight excluding hydrogens is 474 g/mol. The average Bonchev–Trinajstić information content (AvgIpc) is 3.64. The van der Waals surface area contributed by atoms with Gasteiger partial charge in [0.05, 0.1) is 22.8 Å². The molecule has 0 amide bonds. The number of hydrogen-bond donors (Lipinski definition) is 0. The zero-order chi connectivity index (χ0) is 24.7. The van der Waals surface area contributed by atoms with Crippen molar-refractivity contribution < 1.29 is 13.2 Å². The zero-order valence-electron chi connectivity index (χ0n) is 20.4. The second-order valence-corrected chi connectivity index (χ2v) is 11.9. The second-order valence-electron chi connectivity index (χ2n) is 9.97. The van der Waals surface area contributed by atoms with Gasteiger partial charge in [-0.2, -0.15) is 14.5 Å². The Kier molecular flexibility index (Phi) is 6.15. The second kappa shape index (κ2) is 9.46. The van der Waals surface area contributed by atoms with Crippen LogP contribution in [-0.2, 0) is 21.3 Å². The summed E-state index contributed by atoms with van der Waals surface area (Å²) in [5.41, 5.74) is 3.21. The largest absolute Gasteiger partial charge is 0.357 e. The molecule has 4 heterocycles. The Hall–Kier alpha value is -3.01. The Bertz CT molecular complexity index is 1460. The van der Waals surface area contributed by atoms with E-state index < -0.39 is 10.0 Å². The van der Waals surface area contributed by atoms with Gasteiger partial charge in [-0.25, -0.2) is 13.1 Å². The summed E-state index contributed by atoms with van der Waals surface area (Å²) in [7, 11) is -3.50. The molecule has 2 aromatic heterocycles. The van der Waals surface area contributed by atoms with Crippen molar-refractivity contribution in [3.63, 3.8) is 0 Å². The van der Waals surface area contributed by atoms with E-state index in [2.05, 4.69) is 34.6 Å². The summed E-state index contributed by atoms with van der Waals surface area (Å²) in [6.07, 6.45) is 9.97. The van der Waals surface area contributed by atoms with Gasteiger partial charge >= 0.3 is 0 Å². The van der Waals surface area contributed by atoms with E-state index in [-0.39, 0.29) is 18.2 Å². The molecule has 188 valence electrons. The molecule has 2 saturated heterocycles. The summed E-state index contributed by atoms with van der Waals surface area (Å²) >= 11 is 0. The Morgan fingerprint density at radius 3 is 2.69 bits per heavy atom. The molecule has 8 nitrogen and oxygen atoms in total. The van der Waals surface area contributed by atoms with Crippen LogP contribution in [0.1, 0.15) is 38.8 Å². The van der Waals surface area contributed by atoms with E-state index in [0.717, 1.165) is 47.9 Å². The molecule has 36 heavy (non-hydrogen) atoms. The monoisotopic (exact) mass is 505 g/mol. The number of nitrogens with zero attached hydrogens (tertiary/aromatic N) is 5. The van der Waals surface area contributed by atoms with Crippen molar-refractivity contribution in [2.45, 2.75) is 56.3 Å². The van der Waals surface area contributed by atoms with Crippen LogP contribution in [0.4, 0.5) is 0 Å². The zero-order valence-corrected chi connectivity index (χ0v) is 21.2. The molecule has 3 atom stereocenters. The van der Waals surface area contributed by atoms with Gasteiger partial charge in [-0.1, -0.05) is 24.3 Å². The van der Waals surface area contributed by atoms with E-state index in [1.54, 1.807) is 28.6 Å². The molecule has 2 aliphatic rings. The highest BCUT2D eigenvalue weighted by atomic mass is 32.2. The number of sulfonamides is 1. The maximum absolute atomic E-state index is 13.2. The minimum absolute atomic E-state index is 0.0260. The van der Waals surface area contributed by atoms with Gasteiger partial charge < -0.3 is 4.74 Å². The van der Waals surface area contributed by atoms with Crippen molar-refractivity contribution in [2.24, 2.45) is 5.92 Å². The molecule has 2 aromatic carbocycles. The first-order chi connectivity index (χ1) is 17.5. The molecular formula is C27H31N5O3S. The third-order valence-corrected chi connectivity index (χ3v) is 9.41. The summed E-state index contributed by atoms with van der Waals surface area (Å²) in [5.74, 6) is 0.204. The predicted molar refractivity (Wildman–Crippen MR) is 138 cm³/mol. The van der Waals surface area contributed by atoms with Crippen molar-refractivity contribution in [1.29, 1.82) is 0 Å². The lowest BCUT2D eigenvalue weighted by Gasteiger charge is -2.22. The topological polar surface area (TPSA) is 82.2 Å². The standard InChI is InChI=1S/C27H31N5O3S/c1-20-13-21(18-32(20)36(33,34)25-7-3-2-4-8-25)17-30-26-11-10-22(14-23(26)15-28-30)24-16-29-31(19-24)27-9-5-6-12-35-27/h2-4,7-8,10-11,14-16,19-21,27H,5-6,9,12-13,17-18H2,1H3/t20-,21-,27?/m0/s1. The van der Waals surface area contributed by atoms with E-state index in [1.807, 2.05) is 34.7 Å². The van der Waals surface area contributed by atoms with Crippen LogP contribution in [-0.4, -0.2) is 51.5 Å². The Morgan fingerprint density at radius 1 is 1.03 bits per heavy atom. The first-order valence-electron chi connectivity index (χ1n) is 12.7. The number of hydrogen-bond acceptors (Lipinski definition) is 5. The molecule has 9 heteroatoms. The summed E-state index contributed by atoms with van der Waals surface area (Å²) in [4.78, 5) is 0.355. The lowest BCUT2D eigenvalue weighted by Crippen LogP contribution is -2.34. The highest BCUT2D eigenvalue weighted by molar-refractivity contribution is 7.89. The molecule has 0 bridgehead atoms. The number of aromatic nitrogens is 4. The summed E-state index contributed by atoms with van der Waals surface area (Å²) in [6, 6.07) is 15.0. The van der Waals surface area contributed by atoms with E-state index in [9.17, 15) is 8.42 Å². The summed E-state index contributed by atoms with van der Waals surface area (Å²) in [5, 5.41) is 10.3. The average molecular weight is 506 g/mol. The number of rotatable bonds is 6. The van der Waals surface area contributed by atoms with Crippen molar-refractivity contribution in [3.05, 3.63) is 67.1 Å². The fraction of sp³-hybridized carbons (Fsp3) is 0.407. The van der Waals surface area contributed by atoms with Gasteiger partial charge in [0.1, 0.15) is 6.23 Å². The van der Waals surface area contributed by atoms with Crippen LogP contribution in [0.25, 0.3) is 22.0 Å². The predicted octanol–water partition coefficient (Wildman–Crippen LogP) is 4.70. The van der Waals surface area contributed by atoms with Gasteiger partial charge in [-0.15, -0.1) is 0 Å².